The Morgan fingerprint density at radius 2 is 1.56 bits per heavy atom. The summed E-state index contributed by atoms with van der Waals surface area (Å²) in [6.45, 7) is 14.9. The number of aliphatic hydroxyl groups excluding tert-OH is 1. The second-order valence-corrected chi connectivity index (χ2v) is 11.4. The molecule has 41 heavy (non-hydrogen) atoms. The van der Waals surface area contributed by atoms with E-state index in [-0.39, 0.29) is 18.4 Å². The van der Waals surface area contributed by atoms with Crippen molar-refractivity contribution in [2.45, 2.75) is 66.4 Å². The maximum atomic E-state index is 12.5. The summed E-state index contributed by atoms with van der Waals surface area (Å²) in [6, 6.07) is 17.8. The van der Waals surface area contributed by atoms with Gasteiger partial charge in [-0.1, -0.05) is 69.3 Å². The van der Waals surface area contributed by atoms with Crippen LogP contribution in [0.1, 0.15) is 71.9 Å². The zero-order valence-corrected chi connectivity index (χ0v) is 25.7. The van der Waals surface area contributed by atoms with Crippen LogP contribution in [0.3, 0.4) is 0 Å². The summed E-state index contributed by atoms with van der Waals surface area (Å²) in [5.41, 5.74) is 6.64. The maximum Gasteiger partial charge on any atom is 0.410 e. The third-order valence-electron chi connectivity index (χ3n) is 7.27. The standard InChI is InChI=1S/C33H42N2O4.C2H6/c1-24-23-27(14-17-30(24)34-18-20-35(21-19-34)32(38)39-33(2,3)4)31(26-12-15-28(37)16-13-26)29(11-8-22-36)25-9-6-5-7-10-25;1-2/h5-7,9-10,12-17,24,36-37H,8,11,18-23H2,1-4H3;1-2H3/b31-29-;/t24-;/m1./s1. The van der Waals surface area contributed by atoms with Gasteiger partial charge in [0.1, 0.15) is 11.4 Å². The largest absolute Gasteiger partial charge is 0.508 e. The number of ether oxygens (including phenoxy) is 1. The predicted molar refractivity (Wildman–Crippen MR) is 168 cm³/mol. The van der Waals surface area contributed by atoms with Crippen LogP contribution in [0, 0.1) is 5.92 Å². The average Bonchev–Trinajstić information content (AvgIpc) is 2.97. The molecule has 2 N–H and O–H groups in total. The molecule has 222 valence electrons. The van der Waals surface area contributed by atoms with Crippen LogP contribution in [-0.4, -0.2) is 64.5 Å². The van der Waals surface area contributed by atoms with E-state index in [1.807, 2.05) is 52.8 Å². The number of phenolic OH excluding ortho intramolecular Hbond substituents is 1. The van der Waals surface area contributed by atoms with Crippen LogP contribution in [0.15, 0.2) is 78.0 Å². The highest BCUT2D eigenvalue weighted by Crippen LogP contribution is 2.41. The number of carbonyl (C=O) groups excluding carboxylic acids is 1. The predicted octanol–water partition coefficient (Wildman–Crippen LogP) is 7.50. The quantitative estimate of drug-likeness (QED) is 0.343. The Bertz CT molecular complexity index is 1220. The summed E-state index contributed by atoms with van der Waals surface area (Å²) in [5, 5.41) is 19.6. The summed E-state index contributed by atoms with van der Waals surface area (Å²) >= 11 is 0. The summed E-state index contributed by atoms with van der Waals surface area (Å²) < 4.78 is 5.56. The lowest BCUT2D eigenvalue weighted by molar-refractivity contribution is 0.0163. The molecule has 2 aromatic rings. The van der Waals surface area contributed by atoms with Crippen molar-refractivity contribution in [2.24, 2.45) is 5.92 Å². The molecule has 1 heterocycles. The molecule has 4 rings (SSSR count). The van der Waals surface area contributed by atoms with Crippen LogP contribution in [-0.2, 0) is 4.74 Å². The maximum absolute atomic E-state index is 12.5. The molecule has 0 unspecified atom stereocenters. The second-order valence-electron chi connectivity index (χ2n) is 11.4. The van der Waals surface area contributed by atoms with Gasteiger partial charge in [-0.05, 0) is 86.1 Å². The van der Waals surface area contributed by atoms with Crippen LogP contribution in [0.25, 0.3) is 11.1 Å². The number of allylic oxidation sites excluding steroid dienone is 6. The van der Waals surface area contributed by atoms with E-state index in [0.29, 0.717) is 25.4 Å². The number of piperazine rings is 1. The number of phenols is 1. The molecule has 1 fully saturated rings. The first-order valence-corrected chi connectivity index (χ1v) is 15.0. The fourth-order valence-electron chi connectivity index (χ4n) is 5.42. The monoisotopic (exact) mass is 560 g/mol. The number of hydrogen-bond donors (Lipinski definition) is 2. The molecule has 0 radical (unpaired) electrons. The van der Waals surface area contributed by atoms with Gasteiger partial charge in [0.05, 0.1) is 0 Å². The van der Waals surface area contributed by atoms with Gasteiger partial charge in [-0.15, -0.1) is 0 Å². The first-order chi connectivity index (χ1) is 19.7. The Morgan fingerprint density at radius 3 is 2.12 bits per heavy atom. The Morgan fingerprint density at radius 1 is 0.927 bits per heavy atom. The highest BCUT2D eigenvalue weighted by atomic mass is 16.6. The van der Waals surface area contributed by atoms with E-state index in [1.54, 1.807) is 17.0 Å². The lowest BCUT2D eigenvalue weighted by atomic mass is 9.81. The van der Waals surface area contributed by atoms with Gasteiger partial charge in [-0.3, -0.25) is 0 Å². The van der Waals surface area contributed by atoms with E-state index in [2.05, 4.69) is 48.2 Å². The number of hydrogen-bond acceptors (Lipinski definition) is 5. The average molecular weight is 561 g/mol. The summed E-state index contributed by atoms with van der Waals surface area (Å²) in [5.74, 6) is 0.550. The third-order valence-corrected chi connectivity index (χ3v) is 7.27. The molecule has 0 saturated carbocycles. The normalized spacial score (nSPS) is 18.0. The fourth-order valence-corrected chi connectivity index (χ4v) is 5.42. The molecular formula is C35H48N2O4. The number of aromatic hydroxyl groups is 1. The number of carbonyl (C=O) groups is 1. The van der Waals surface area contributed by atoms with Crippen molar-refractivity contribution in [1.82, 2.24) is 9.80 Å². The third kappa shape index (κ3) is 8.74. The zero-order chi connectivity index (χ0) is 30.0. The smallest absolute Gasteiger partial charge is 0.410 e. The molecule has 2 aromatic carbocycles. The molecule has 0 bridgehead atoms. The van der Waals surface area contributed by atoms with Crippen molar-refractivity contribution in [3.8, 4) is 5.75 Å². The molecule has 6 nitrogen and oxygen atoms in total. The summed E-state index contributed by atoms with van der Waals surface area (Å²) in [4.78, 5) is 16.7. The van der Waals surface area contributed by atoms with Gasteiger partial charge < -0.3 is 24.7 Å². The molecule has 6 heteroatoms. The summed E-state index contributed by atoms with van der Waals surface area (Å²) in [6.07, 6.45) is 6.55. The van der Waals surface area contributed by atoms with Gasteiger partial charge in [0.25, 0.3) is 0 Å². The molecule has 0 spiro atoms. The van der Waals surface area contributed by atoms with Crippen LogP contribution in [0.2, 0.25) is 0 Å². The molecule has 1 aliphatic heterocycles. The van der Waals surface area contributed by atoms with Gasteiger partial charge in [-0.25, -0.2) is 4.79 Å². The van der Waals surface area contributed by atoms with Crippen molar-refractivity contribution < 1.29 is 19.7 Å². The van der Waals surface area contributed by atoms with E-state index >= 15 is 0 Å². The van der Waals surface area contributed by atoms with Crippen LogP contribution >= 0.6 is 0 Å². The first-order valence-electron chi connectivity index (χ1n) is 15.0. The lowest BCUT2D eigenvalue weighted by Crippen LogP contribution is -2.50. The second kappa shape index (κ2) is 14.9. The van der Waals surface area contributed by atoms with Gasteiger partial charge in [0, 0.05) is 44.4 Å². The minimum atomic E-state index is -0.492. The van der Waals surface area contributed by atoms with Crippen molar-refractivity contribution in [3.05, 3.63) is 89.1 Å². The number of amides is 1. The summed E-state index contributed by atoms with van der Waals surface area (Å²) in [7, 11) is 0. The van der Waals surface area contributed by atoms with E-state index in [1.165, 1.54) is 22.4 Å². The Labute approximate surface area is 246 Å². The molecule has 0 aromatic heterocycles. The van der Waals surface area contributed by atoms with Crippen molar-refractivity contribution in [2.75, 3.05) is 32.8 Å². The Hall–Kier alpha value is -3.51. The van der Waals surface area contributed by atoms with Gasteiger partial charge in [-0.2, -0.15) is 0 Å². The van der Waals surface area contributed by atoms with Crippen molar-refractivity contribution in [3.63, 3.8) is 0 Å². The minimum absolute atomic E-state index is 0.133. The van der Waals surface area contributed by atoms with Crippen LogP contribution < -0.4 is 0 Å². The SMILES string of the molecule is CC.C[C@@H]1CC(/C(=C(/CCCO)c2ccccc2)c2ccc(O)cc2)=CC=C1N1CCN(C(=O)OC(C)(C)C)CC1. The molecule has 1 atom stereocenters. The minimum Gasteiger partial charge on any atom is -0.508 e. The molecule has 1 amide bonds. The number of nitrogens with zero attached hydrogens (tertiary/aromatic N) is 2. The highest BCUT2D eigenvalue weighted by Gasteiger charge is 2.29. The fraction of sp³-hybridized carbons (Fsp3) is 0.457. The Balaban J connectivity index is 0.00000226. The van der Waals surface area contributed by atoms with Crippen LogP contribution in [0.5, 0.6) is 5.75 Å². The molecule has 2 aliphatic rings. The first kappa shape index (κ1) is 32.0. The highest BCUT2D eigenvalue weighted by molar-refractivity contribution is 5.98. The van der Waals surface area contributed by atoms with E-state index in [0.717, 1.165) is 37.1 Å². The van der Waals surface area contributed by atoms with E-state index in [9.17, 15) is 15.0 Å². The number of rotatable bonds is 7. The van der Waals surface area contributed by atoms with Gasteiger partial charge in [0.15, 0.2) is 0 Å². The zero-order valence-electron chi connectivity index (χ0n) is 25.7. The number of benzene rings is 2. The lowest BCUT2D eigenvalue weighted by Gasteiger charge is -2.40. The topological polar surface area (TPSA) is 73.2 Å². The molecular weight excluding hydrogens is 512 g/mol. The van der Waals surface area contributed by atoms with E-state index in [4.69, 9.17) is 4.74 Å². The molecule has 1 aliphatic carbocycles. The van der Waals surface area contributed by atoms with Crippen molar-refractivity contribution in [1.29, 1.82) is 0 Å². The van der Waals surface area contributed by atoms with Crippen molar-refractivity contribution >= 4 is 17.2 Å². The van der Waals surface area contributed by atoms with Gasteiger partial charge >= 0.3 is 6.09 Å². The molecule has 1 saturated heterocycles. The Kier molecular flexibility index (Phi) is 11.7. The van der Waals surface area contributed by atoms with E-state index < -0.39 is 5.60 Å². The van der Waals surface area contributed by atoms with Gasteiger partial charge in [0.2, 0.25) is 0 Å². The number of aliphatic hydroxyl groups is 1. The van der Waals surface area contributed by atoms with Crippen LogP contribution in [0.4, 0.5) is 4.79 Å².